The molecular weight excluding hydrogens is 344 g/mol. The summed E-state index contributed by atoms with van der Waals surface area (Å²) < 4.78 is 11.0. The number of nitrogens with one attached hydrogen (secondary N) is 2. The fraction of sp³-hybridized carbons (Fsp3) is 0.421. The van der Waals surface area contributed by atoms with Crippen LogP contribution >= 0.6 is 0 Å². The Hall–Kier alpha value is -2.87. The molecule has 4 heterocycles. The Morgan fingerprint density at radius 1 is 1.22 bits per heavy atom. The van der Waals surface area contributed by atoms with Gasteiger partial charge in [-0.15, -0.1) is 0 Å². The molecule has 1 aliphatic rings. The molecule has 3 aromatic heterocycles. The van der Waals surface area contributed by atoms with E-state index < -0.39 is 0 Å². The van der Waals surface area contributed by atoms with Gasteiger partial charge in [-0.05, 0) is 45.4 Å². The number of H-pyrrole nitrogens is 1. The number of nitrogens with zero attached hydrogens (tertiary/aromatic N) is 4. The second kappa shape index (κ2) is 7.03. The molecule has 142 valence electrons. The van der Waals surface area contributed by atoms with Crippen LogP contribution in [0.3, 0.4) is 0 Å². The number of aryl methyl sites for hydroxylation is 3. The zero-order valence-electron chi connectivity index (χ0n) is 16.0. The van der Waals surface area contributed by atoms with Crippen molar-refractivity contribution in [3.63, 3.8) is 0 Å². The van der Waals surface area contributed by atoms with Crippen LogP contribution < -0.4 is 10.2 Å². The molecule has 1 saturated heterocycles. The summed E-state index contributed by atoms with van der Waals surface area (Å²) in [6, 6.07) is 6.31. The predicted molar refractivity (Wildman–Crippen MR) is 103 cm³/mol. The normalized spacial score (nSPS) is 17.3. The van der Waals surface area contributed by atoms with Gasteiger partial charge < -0.3 is 19.5 Å². The third kappa shape index (κ3) is 3.52. The second-order valence-electron chi connectivity index (χ2n) is 6.96. The predicted octanol–water partition coefficient (Wildman–Crippen LogP) is 3.35. The van der Waals surface area contributed by atoms with E-state index in [1.165, 1.54) is 0 Å². The van der Waals surface area contributed by atoms with E-state index in [9.17, 15) is 0 Å². The van der Waals surface area contributed by atoms with Gasteiger partial charge >= 0.3 is 0 Å². The van der Waals surface area contributed by atoms with Crippen LogP contribution in [-0.2, 0) is 4.74 Å². The number of aromatic amines is 1. The highest BCUT2D eigenvalue weighted by atomic mass is 16.5. The molecule has 1 atom stereocenters. The number of aromatic nitrogens is 4. The first-order valence-corrected chi connectivity index (χ1v) is 9.10. The molecule has 8 nitrogen and oxygen atoms in total. The quantitative estimate of drug-likeness (QED) is 0.729. The van der Waals surface area contributed by atoms with Crippen LogP contribution in [0.5, 0.6) is 0 Å². The van der Waals surface area contributed by atoms with Crippen LogP contribution in [0.15, 0.2) is 22.7 Å². The lowest BCUT2D eigenvalue weighted by molar-refractivity contribution is 0.0985. The first-order chi connectivity index (χ1) is 13.0. The Bertz CT molecular complexity index is 928. The molecule has 0 aliphatic carbocycles. The lowest BCUT2D eigenvalue weighted by Gasteiger charge is -2.34. The fourth-order valence-corrected chi connectivity index (χ4v) is 3.46. The van der Waals surface area contributed by atoms with E-state index in [1.54, 1.807) is 0 Å². The minimum atomic E-state index is 0.258. The molecule has 3 aromatic rings. The molecule has 27 heavy (non-hydrogen) atoms. The van der Waals surface area contributed by atoms with Gasteiger partial charge in [0.2, 0.25) is 0 Å². The fourth-order valence-electron chi connectivity index (χ4n) is 3.46. The van der Waals surface area contributed by atoms with Gasteiger partial charge in [-0.3, -0.25) is 5.10 Å². The molecule has 1 aliphatic heterocycles. The molecule has 0 radical (unpaired) electrons. The Balaban J connectivity index is 1.78. The summed E-state index contributed by atoms with van der Waals surface area (Å²) in [6.45, 7) is 10.2. The van der Waals surface area contributed by atoms with Crippen LogP contribution in [0.4, 0.5) is 17.5 Å². The maximum absolute atomic E-state index is 5.58. The van der Waals surface area contributed by atoms with Crippen LogP contribution in [0.2, 0.25) is 0 Å². The molecule has 0 spiro atoms. The third-order valence-corrected chi connectivity index (χ3v) is 4.76. The third-order valence-electron chi connectivity index (χ3n) is 4.76. The summed E-state index contributed by atoms with van der Waals surface area (Å²) in [5.41, 5.74) is 3.81. The summed E-state index contributed by atoms with van der Waals surface area (Å²) in [4.78, 5) is 7.11. The average Bonchev–Trinajstić information content (AvgIpc) is 3.20. The monoisotopic (exact) mass is 368 g/mol. The Labute approximate surface area is 157 Å². The van der Waals surface area contributed by atoms with Gasteiger partial charge in [0.25, 0.3) is 0 Å². The molecule has 1 fully saturated rings. The Morgan fingerprint density at radius 2 is 2.07 bits per heavy atom. The van der Waals surface area contributed by atoms with Crippen molar-refractivity contribution in [2.75, 3.05) is 30.0 Å². The van der Waals surface area contributed by atoms with Crippen molar-refractivity contribution in [1.29, 1.82) is 0 Å². The van der Waals surface area contributed by atoms with Crippen molar-refractivity contribution in [2.24, 2.45) is 0 Å². The number of ether oxygens (including phenoxy) is 1. The minimum Gasteiger partial charge on any atom is -0.377 e. The highest BCUT2D eigenvalue weighted by Gasteiger charge is 2.22. The van der Waals surface area contributed by atoms with Gasteiger partial charge in [0.1, 0.15) is 23.2 Å². The maximum atomic E-state index is 5.58. The molecule has 8 heteroatoms. The molecule has 0 amide bonds. The molecular formula is C19H24N6O2. The zero-order valence-corrected chi connectivity index (χ0v) is 16.0. The van der Waals surface area contributed by atoms with E-state index in [0.29, 0.717) is 13.2 Å². The van der Waals surface area contributed by atoms with Crippen LogP contribution in [0, 0.1) is 20.8 Å². The van der Waals surface area contributed by atoms with Crippen LogP contribution in [0.25, 0.3) is 11.1 Å². The summed E-state index contributed by atoms with van der Waals surface area (Å²) in [5, 5.41) is 14.6. The van der Waals surface area contributed by atoms with Crippen molar-refractivity contribution in [1.82, 2.24) is 20.3 Å². The molecule has 4 rings (SSSR count). The number of anilines is 3. The van der Waals surface area contributed by atoms with Crippen molar-refractivity contribution in [2.45, 2.75) is 33.7 Å². The molecule has 0 saturated carbocycles. The lowest BCUT2D eigenvalue weighted by atomic mass is 10.0. The topological polar surface area (TPSA) is 92.1 Å². The van der Waals surface area contributed by atoms with Crippen LogP contribution in [-0.4, -0.2) is 46.1 Å². The first-order valence-electron chi connectivity index (χ1n) is 9.10. The number of rotatable bonds is 4. The number of hydrogen-bond donors (Lipinski definition) is 2. The molecule has 0 aromatic carbocycles. The van der Waals surface area contributed by atoms with Gasteiger partial charge in [0.15, 0.2) is 0 Å². The van der Waals surface area contributed by atoms with Gasteiger partial charge in [-0.25, -0.2) is 4.98 Å². The highest BCUT2D eigenvalue weighted by Crippen LogP contribution is 2.33. The second-order valence-corrected chi connectivity index (χ2v) is 6.96. The SMILES string of the molecule is Cc1cc(Nc2cc(-c3c(C)noc3C)cc(N3CCOC[C@H]3C)n2)[nH]n1. The van der Waals surface area contributed by atoms with Crippen molar-refractivity contribution >= 4 is 17.5 Å². The lowest BCUT2D eigenvalue weighted by Crippen LogP contribution is -2.44. The minimum absolute atomic E-state index is 0.258. The maximum Gasteiger partial charge on any atom is 0.141 e. The van der Waals surface area contributed by atoms with Gasteiger partial charge in [-0.1, -0.05) is 5.16 Å². The molecule has 2 N–H and O–H groups in total. The average molecular weight is 368 g/mol. The Kier molecular flexibility index (Phi) is 4.57. The number of hydrogen-bond acceptors (Lipinski definition) is 7. The Morgan fingerprint density at radius 3 is 2.74 bits per heavy atom. The summed E-state index contributed by atoms with van der Waals surface area (Å²) >= 11 is 0. The van der Waals surface area contributed by atoms with Crippen molar-refractivity contribution in [3.05, 3.63) is 35.3 Å². The van der Waals surface area contributed by atoms with E-state index >= 15 is 0 Å². The molecule has 0 unspecified atom stereocenters. The summed E-state index contributed by atoms with van der Waals surface area (Å²) in [7, 11) is 0. The van der Waals surface area contributed by atoms with E-state index in [2.05, 4.69) is 38.6 Å². The van der Waals surface area contributed by atoms with Crippen molar-refractivity contribution < 1.29 is 9.26 Å². The number of pyridine rings is 1. The van der Waals surface area contributed by atoms with Crippen molar-refractivity contribution in [3.8, 4) is 11.1 Å². The van der Waals surface area contributed by atoms with E-state index in [1.807, 2.05) is 32.9 Å². The standard InChI is InChI=1S/C19H24N6O2/c1-11-7-17(23-22-11)20-16-8-15(19-13(3)24-27-14(19)4)9-18(21-16)25-5-6-26-10-12(25)2/h7-9,12H,5-6,10H2,1-4H3,(H2,20,21,22,23)/t12-/m1/s1. The summed E-state index contributed by atoms with van der Waals surface area (Å²) in [6.07, 6.45) is 0. The summed E-state index contributed by atoms with van der Waals surface area (Å²) in [5.74, 6) is 3.24. The molecule has 0 bridgehead atoms. The highest BCUT2D eigenvalue weighted by molar-refractivity contribution is 5.74. The van der Waals surface area contributed by atoms with E-state index in [-0.39, 0.29) is 6.04 Å². The van der Waals surface area contributed by atoms with Gasteiger partial charge in [0.05, 0.1) is 30.6 Å². The zero-order chi connectivity index (χ0) is 19.0. The van der Waals surface area contributed by atoms with Gasteiger partial charge in [-0.2, -0.15) is 5.10 Å². The van der Waals surface area contributed by atoms with E-state index in [0.717, 1.165) is 52.3 Å². The largest absolute Gasteiger partial charge is 0.377 e. The number of morpholine rings is 1. The van der Waals surface area contributed by atoms with Gasteiger partial charge in [0, 0.05) is 18.2 Å². The first kappa shape index (κ1) is 17.5. The smallest absolute Gasteiger partial charge is 0.141 e. The van der Waals surface area contributed by atoms with Crippen LogP contribution in [0.1, 0.15) is 24.1 Å². The van der Waals surface area contributed by atoms with E-state index in [4.69, 9.17) is 14.2 Å².